The van der Waals surface area contributed by atoms with E-state index in [1.807, 2.05) is 56.5 Å². The van der Waals surface area contributed by atoms with E-state index < -0.39 is 0 Å². The number of carbonyl (C=O) groups is 1. The Kier molecular flexibility index (Phi) is 2.77. The van der Waals surface area contributed by atoms with Crippen LogP contribution >= 0.6 is 0 Å². The fourth-order valence-corrected chi connectivity index (χ4v) is 1.78. The Morgan fingerprint density at radius 3 is 2.59 bits per heavy atom. The van der Waals surface area contributed by atoms with Gasteiger partial charge in [0.1, 0.15) is 5.82 Å². The zero-order valence-electron chi connectivity index (χ0n) is 10.8. The normalized spacial score (nSPS) is 12.0. The van der Waals surface area contributed by atoms with Crippen LogP contribution in [0.1, 0.15) is 26.6 Å². The van der Waals surface area contributed by atoms with Gasteiger partial charge in [0, 0.05) is 5.41 Å². The van der Waals surface area contributed by atoms with E-state index in [1.54, 1.807) is 0 Å². The van der Waals surface area contributed by atoms with Gasteiger partial charge in [0.15, 0.2) is 5.78 Å². The minimum Gasteiger partial charge on any atom is -0.321 e. The van der Waals surface area contributed by atoms with Crippen molar-refractivity contribution in [2.45, 2.75) is 34.2 Å². The highest BCUT2D eigenvalue weighted by molar-refractivity contribution is 5.85. The van der Waals surface area contributed by atoms with Crippen molar-refractivity contribution in [1.29, 1.82) is 0 Å². The predicted molar refractivity (Wildman–Crippen MR) is 68.9 cm³/mol. The summed E-state index contributed by atoms with van der Waals surface area (Å²) in [6, 6.07) is 7.91. The zero-order chi connectivity index (χ0) is 12.6. The fourth-order valence-electron chi connectivity index (χ4n) is 1.78. The second kappa shape index (κ2) is 3.99. The number of nitrogens with zero attached hydrogens (tertiary/aromatic N) is 2. The third-order valence-corrected chi connectivity index (χ3v) is 2.98. The van der Waals surface area contributed by atoms with E-state index in [2.05, 4.69) is 4.98 Å². The number of benzene rings is 1. The Morgan fingerprint density at radius 2 is 1.94 bits per heavy atom. The van der Waals surface area contributed by atoms with Crippen molar-refractivity contribution in [2.75, 3.05) is 0 Å². The van der Waals surface area contributed by atoms with Crippen LogP contribution in [0.25, 0.3) is 11.0 Å². The number of rotatable bonds is 2. The first-order valence-electron chi connectivity index (χ1n) is 5.85. The summed E-state index contributed by atoms with van der Waals surface area (Å²) in [4.78, 5) is 16.5. The maximum Gasteiger partial charge on any atom is 0.157 e. The first-order chi connectivity index (χ1) is 7.89. The van der Waals surface area contributed by atoms with E-state index in [4.69, 9.17) is 0 Å². The lowest BCUT2D eigenvalue weighted by Gasteiger charge is -2.17. The van der Waals surface area contributed by atoms with Crippen molar-refractivity contribution in [2.24, 2.45) is 5.41 Å². The Bertz CT molecular complexity index is 561. The summed E-state index contributed by atoms with van der Waals surface area (Å²) in [5.74, 6) is 1.12. The summed E-state index contributed by atoms with van der Waals surface area (Å²) >= 11 is 0. The topological polar surface area (TPSA) is 34.9 Å². The van der Waals surface area contributed by atoms with Gasteiger partial charge in [-0.3, -0.25) is 4.79 Å². The SMILES string of the molecule is Cc1nc2ccccc2n1CC(=O)C(C)(C)C. The van der Waals surface area contributed by atoms with Gasteiger partial charge in [-0.2, -0.15) is 0 Å². The van der Waals surface area contributed by atoms with E-state index in [1.165, 1.54) is 0 Å². The first-order valence-corrected chi connectivity index (χ1v) is 5.85. The monoisotopic (exact) mass is 230 g/mol. The van der Waals surface area contributed by atoms with Gasteiger partial charge in [0.05, 0.1) is 17.6 Å². The quantitative estimate of drug-likeness (QED) is 0.795. The number of Topliss-reactive ketones (excluding diaryl/α,β-unsaturated/α-hetero) is 1. The molecule has 17 heavy (non-hydrogen) atoms. The summed E-state index contributed by atoms with van der Waals surface area (Å²) in [5.41, 5.74) is 1.67. The number of imidazole rings is 1. The summed E-state index contributed by atoms with van der Waals surface area (Å²) < 4.78 is 1.99. The number of hydrogen-bond donors (Lipinski definition) is 0. The van der Waals surface area contributed by atoms with E-state index in [0.717, 1.165) is 16.9 Å². The molecule has 0 amide bonds. The van der Waals surface area contributed by atoms with Gasteiger partial charge >= 0.3 is 0 Å². The van der Waals surface area contributed by atoms with Crippen LogP contribution in [0, 0.1) is 12.3 Å². The van der Waals surface area contributed by atoms with Crippen LogP contribution in [-0.4, -0.2) is 15.3 Å². The molecule has 2 aromatic rings. The van der Waals surface area contributed by atoms with E-state index >= 15 is 0 Å². The highest BCUT2D eigenvalue weighted by Crippen LogP contribution is 2.20. The van der Waals surface area contributed by atoms with Crippen molar-refractivity contribution < 1.29 is 4.79 Å². The predicted octanol–water partition coefficient (Wildman–Crippen LogP) is 2.96. The minimum absolute atomic E-state index is 0.226. The Hall–Kier alpha value is -1.64. The van der Waals surface area contributed by atoms with Gasteiger partial charge in [-0.15, -0.1) is 0 Å². The van der Waals surface area contributed by atoms with Gasteiger partial charge < -0.3 is 4.57 Å². The summed E-state index contributed by atoms with van der Waals surface area (Å²) in [6.45, 7) is 8.18. The number of aromatic nitrogens is 2. The van der Waals surface area contributed by atoms with Gasteiger partial charge in [-0.25, -0.2) is 4.98 Å². The highest BCUT2D eigenvalue weighted by atomic mass is 16.1. The average molecular weight is 230 g/mol. The third-order valence-electron chi connectivity index (χ3n) is 2.98. The third kappa shape index (κ3) is 2.23. The van der Waals surface area contributed by atoms with Crippen LogP contribution < -0.4 is 0 Å². The zero-order valence-corrected chi connectivity index (χ0v) is 10.8. The van der Waals surface area contributed by atoms with E-state index in [0.29, 0.717) is 6.54 Å². The van der Waals surface area contributed by atoms with Gasteiger partial charge in [-0.05, 0) is 19.1 Å². The van der Waals surface area contributed by atoms with Crippen molar-refractivity contribution in [3.63, 3.8) is 0 Å². The molecule has 0 saturated heterocycles. The van der Waals surface area contributed by atoms with Crippen LogP contribution in [-0.2, 0) is 11.3 Å². The smallest absolute Gasteiger partial charge is 0.157 e. The lowest BCUT2D eigenvalue weighted by molar-refractivity contribution is -0.126. The van der Waals surface area contributed by atoms with Crippen molar-refractivity contribution in [3.05, 3.63) is 30.1 Å². The Balaban J connectivity index is 2.42. The minimum atomic E-state index is -0.308. The Labute approximate surface area is 101 Å². The molecule has 0 fully saturated rings. The first kappa shape index (κ1) is 11.8. The summed E-state index contributed by atoms with van der Waals surface area (Å²) in [7, 11) is 0. The molecule has 1 aromatic heterocycles. The molecule has 3 nitrogen and oxygen atoms in total. The number of ketones is 1. The molecular formula is C14H18N2O. The van der Waals surface area contributed by atoms with Gasteiger partial charge in [-0.1, -0.05) is 32.9 Å². The van der Waals surface area contributed by atoms with Crippen LogP contribution in [0.4, 0.5) is 0 Å². The number of carbonyl (C=O) groups excluding carboxylic acids is 1. The molecule has 90 valence electrons. The van der Waals surface area contributed by atoms with Crippen molar-refractivity contribution >= 4 is 16.8 Å². The van der Waals surface area contributed by atoms with Crippen LogP contribution in [0.2, 0.25) is 0 Å². The molecule has 0 N–H and O–H groups in total. The van der Waals surface area contributed by atoms with Crippen molar-refractivity contribution in [3.8, 4) is 0 Å². The molecule has 0 atom stereocenters. The molecule has 0 aliphatic heterocycles. The van der Waals surface area contributed by atoms with E-state index in [-0.39, 0.29) is 11.2 Å². The van der Waals surface area contributed by atoms with Crippen LogP contribution in [0.5, 0.6) is 0 Å². The van der Waals surface area contributed by atoms with Gasteiger partial charge in [0.25, 0.3) is 0 Å². The number of fused-ring (bicyclic) bond motifs is 1. The highest BCUT2D eigenvalue weighted by Gasteiger charge is 2.22. The second-order valence-corrected chi connectivity index (χ2v) is 5.41. The largest absolute Gasteiger partial charge is 0.321 e. The molecule has 0 aliphatic carbocycles. The molecular weight excluding hydrogens is 212 g/mol. The maximum absolute atomic E-state index is 12.1. The molecule has 1 heterocycles. The summed E-state index contributed by atoms with van der Waals surface area (Å²) in [5, 5.41) is 0. The van der Waals surface area contributed by atoms with Crippen molar-refractivity contribution in [1.82, 2.24) is 9.55 Å². The standard InChI is InChI=1S/C14H18N2O/c1-10-15-11-7-5-6-8-12(11)16(10)9-13(17)14(2,3)4/h5-8H,9H2,1-4H3. The van der Waals surface area contributed by atoms with Crippen LogP contribution in [0.3, 0.4) is 0 Å². The molecule has 1 aromatic carbocycles. The molecule has 0 aliphatic rings. The van der Waals surface area contributed by atoms with Crippen LogP contribution in [0.15, 0.2) is 24.3 Å². The molecule has 0 bridgehead atoms. The fraction of sp³-hybridized carbons (Fsp3) is 0.429. The van der Waals surface area contributed by atoms with Gasteiger partial charge in [0.2, 0.25) is 0 Å². The Morgan fingerprint density at radius 1 is 1.29 bits per heavy atom. The lowest BCUT2D eigenvalue weighted by Crippen LogP contribution is -2.25. The molecule has 3 heteroatoms. The average Bonchev–Trinajstić information content (AvgIpc) is 2.54. The number of para-hydroxylation sites is 2. The molecule has 0 saturated carbocycles. The lowest BCUT2D eigenvalue weighted by atomic mass is 9.91. The molecule has 0 radical (unpaired) electrons. The molecule has 2 rings (SSSR count). The molecule has 0 unspecified atom stereocenters. The maximum atomic E-state index is 12.1. The second-order valence-electron chi connectivity index (χ2n) is 5.41. The molecule has 0 spiro atoms. The number of aryl methyl sites for hydroxylation is 1. The summed E-state index contributed by atoms with van der Waals surface area (Å²) in [6.07, 6.45) is 0. The van der Waals surface area contributed by atoms with E-state index in [9.17, 15) is 4.79 Å². The number of hydrogen-bond acceptors (Lipinski definition) is 2.